The fraction of sp³-hybridized carbons (Fsp3) is 0.533. The summed E-state index contributed by atoms with van der Waals surface area (Å²) in [6.45, 7) is 5.11. The van der Waals surface area contributed by atoms with Crippen LogP contribution in [0.5, 0.6) is 0 Å². The molecule has 0 bridgehead atoms. The van der Waals surface area contributed by atoms with Crippen molar-refractivity contribution in [3.63, 3.8) is 0 Å². The molecule has 1 N–H and O–H groups in total. The topological polar surface area (TPSA) is 45.0 Å². The molecule has 3 nitrogen and oxygen atoms in total. The second kappa shape index (κ2) is 6.27. The highest BCUT2D eigenvalue weighted by Crippen LogP contribution is 2.26. The lowest BCUT2D eigenvalue weighted by Crippen LogP contribution is -2.36. The molecule has 1 aromatic carbocycles. The first-order valence-corrected chi connectivity index (χ1v) is 7.05. The Kier molecular flexibility index (Phi) is 4.68. The van der Waals surface area contributed by atoms with E-state index < -0.39 is 0 Å². The normalized spacial score (nSPS) is 23.1. The SMILES string of the molecule is CC(C)C1CC(Nc2cc(Cl)ccc2C#N)CCO1. The Morgan fingerprint density at radius 1 is 1.47 bits per heavy atom. The van der Waals surface area contributed by atoms with Crippen LogP contribution >= 0.6 is 11.6 Å². The number of ether oxygens (including phenoxy) is 1. The molecule has 0 spiro atoms. The van der Waals surface area contributed by atoms with Crippen molar-refractivity contribution < 1.29 is 4.74 Å². The Balaban J connectivity index is 2.09. The zero-order chi connectivity index (χ0) is 13.8. The molecule has 2 unspecified atom stereocenters. The molecule has 0 aliphatic carbocycles. The van der Waals surface area contributed by atoms with Gasteiger partial charge in [0.1, 0.15) is 6.07 Å². The van der Waals surface area contributed by atoms with Gasteiger partial charge in [0, 0.05) is 17.7 Å². The molecule has 1 aliphatic heterocycles. The molecular formula is C15H19ClN2O. The molecule has 2 rings (SSSR count). The van der Waals surface area contributed by atoms with E-state index in [-0.39, 0.29) is 6.10 Å². The number of rotatable bonds is 3. The van der Waals surface area contributed by atoms with Gasteiger partial charge in [-0.15, -0.1) is 0 Å². The molecule has 1 fully saturated rings. The summed E-state index contributed by atoms with van der Waals surface area (Å²) in [4.78, 5) is 0. The van der Waals surface area contributed by atoms with Crippen LogP contribution in [0.1, 0.15) is 32.3 Å². The number of hydrogen-bond acceptors (Lipinski definition) is 3. The molecule has 0 radical (unpaired) electrons. The van der Waals surface area contributed by atoms with Gasteiger partial charge in [0.15, 0.2) is 0 Å². The van der Waals surface area contributed by atoms with Crippen molar-refractivity contribution in [3.8, 4) is 6.07 Å². The maximum atomic E-state index is 9.12. The molecule has 102 valence electrons. The highest BCUT2D eigenvalue weighted by Gasteiger charge is 2.25. The van der Waals surface area contributed by atoms with E-state index in [2.05, 4.69) is 25.2 Å². The summed E-state index contributed by atoms with van der Waals surface area (Å²) in [6.07, 6.45) is 2.21. The first-order chi connectivity index (χ1) is 9.10. The largest absolute Gasteiger partial charge is 0.381 e. The van der Waals surface area contributed by atoms with Crippen LogP contribution in [0, 0.1) is 17.2 Å². The average Bonchev–Trinajstić information content (AvgIpc) is 2.39. The number of benzene rings is 1. The highest BCUT2D eigenvalue weighted by molar-refractivity contribution is 6.30. The Morgan fingerprint density at radius 2 is 2.26 bits per heavy atom. The summed E-state index contributed by atoms with van der Waals surface area (Å²) in [5.41, 5.74) is 1.46. The molecule has 0 amide bonds. The van der Waals surface area contributed by atoms with Crippen LogP contribution in [0.2, 0.25) is 5.02 Å². The monoisotopic (exact) mass is 278 g/mol. The lowest BCUT2D eigenvalue weighted by atomic mass is 9.95. The first kappa shape index (κ1) is 14.2. The van der Waals surface area contributed by atoms with Gasteiger partial charge in [-0.2, -0.15) is 5.26 Å². The van der Waals surface area contributed by atoms with Gasteiger partial charge in [-0.05, 0) is 37.0 Å². The van der Waals surface area contributed by atoms with Gasteiger partial charge < -0.3 is 10.1 Å². The van der Waals surface area contributed by atoms with Crippen molar-refractivity contribution in [1.29, 1.82) is 5.26 Å². The van der Waals surface area contributed by atoms with Gasteiger partial charge in [0.25, 0.3) is 0 Å². The maximum Gasteiger partial charge on any atom is 0.101 e. The molecule has 0 aromatic heterocycles. The van der Waals surface area contributed by atoms with E-state index >= 15 is 0 Å². The molecule has 1 heterocycles. The third kappa shape index (κ3) is 3.62. The van der Waals surface area contributed by atoms with Crippen LogP contribution in [0.25, 0.3) is 0 Å². The first-order valence-electron chi connectivity index (χ1n) is 6.68. The standard InChI is InChI=1S/C15H19ClN2O/c1-10(2)15-8-13(5-6-19-15)18-14-7-12(16)4-3-11(14)9-17/h3-4,7,10,13,15,18H,5-6,8H2,1-2H3. The van der Waals surface area contributed by atoms with Crippen molar-refractivity contribution >= 4 is 17.3 Å². The van der Waals surface area contributed by atoms with Gasteiger partial charge in [0.2, 0.25) is 0 Å². The maximum absolute atomic E-state index is 9.12. The zero-order valence-corrected chi connectivity index (χ0v) is 12.1. The predicted molar refractivity (Wildman–Crippen MR) is 77.4 cm³/mol. The second-order valence-corrected chi connectivity index (χ2v) is 5.76. The fourth-order valence-electron chi connectivity index (χ4n) is 2.38. The predicted octanol–water partition coefficient (Wildman–Crippen LogP) is 3.83. The molecule has 1 saturated heterocycles. The number of nitrogens with zero attached hydrogens (tertiary/aromatic N) is 1. The zero-order valence-electron chi connectivity index (χ0n) is 11.3. The minimum absolute atomic E-state index is 0.288. The minimum atomic E-state index is 0.288. The molecule has 1 aliphatic rings. The Hall–Kier alpha value is -1.24. The summed E-state index contributed by atoms with van der Waals surface area (Å²) in [5, 5.41) is 13.2. The van der Waals surface area contributed by atoms with Gasteiger partial charge in [-0.1, -0.05) is 25.4 Å². The Labute approximate surface area is 119 Å². The van der Waals surface area contributed by atoms with Crippen LogP contribution in [0.3, 0.4) is 0 Å². The third-order valence-electron chi connectivity index (χ3n) is 3.52. The lowest BCUT2D eigenvalue weighted by Gasteiger charge is -2.33. The van der Waals surface area contributed by atoms with Gasteiger partial charge >= 0.3 is 0 Å². The summed E-state index contributed by atoms with van der Waals surface area (Å²) in [7, 11) is 0. The summed E-state index contributed by atoms with van der Waals surface area (Å²) in [5.74, 6) is 0.513. The molecule has 19 heavy (non-hydrogen) atoms. The van der Waals surface area contributed by atoms with Crippen LogP contribution in [0.15, 0.2) is 18.2 Å². The van der Waals surface area contributed by atoms with Crippen molar-refractivity contribution in [3.05, 3.63) is 28.8 Å². The van der Waals surface area contributed by atoms with Crippen molar-refractivity contribution in [2.45, 2.75) is 38.8 Å². The van der Waals surface area contributed by atoms with Gasteiger partial charge in [-0.3, -0.25) is 0 Å². The van der Waals surface area contributed by atoms with Crippen LogP contribution < -0.4 is 5.32 Å². The van der Waals surface area contributed by atoms with E-state index in [1.807, 2.05) is 6.07 Å². The highest BCUT2D eigenvalue weighted by atomic mass is 35.5. The molecule has 0 saturated carbocycles. The number of halogens is 1. The Bertz CT molecular complexity index is 482. The third-order valence-corrected chi connectivity index (χ3v) is 3.76. The van der Waals surface area contributed by atoms with Crippen LogP contribution in [0.4, 0.5) is 5.69 Å². The van der Waals surface area contributed by atoms with Crippen molar-refractivity contribution in [1.82, 2.24) is 0 Å². The van der Waals surface area contributed by atoms with E-state index in [1.54, 1.807) is 12.1 Å². The van der Waals surface area contributed by atoms with E-state index in [1.165, 1.54) is 0 Å². The number of hydrogen-bond donors (Lipinski definition) is 1. The van der Waals surface area contributed by atoms with Crippen molar-refractivity contribution in [2.75, 3.05) is 11.9 Å². The minimum Gasteiger partial charge on any atom is -0.381 e. The number of nitriles is 1. The van der Waals surface area contributed by atoms with Crippen LogP contribution in [-0.2, 0) is 4.74 Å². The van der Waals surface area contributed by atoms with E-state index in [0.717, 1.165) is 25.1 Å². The van der Waals surface area contributed by atoms with E-state index in [9.17, 15) is 0 Å². The van der Waals surface area contributed by atoms with Crippen molar-refractivity contribution in [2.24, 2.45) is 5.92 Å². The molecular weight excluding hydrogens is 260 g/mol. The second-order valence-electron chi connectivity index (χ2n) is 5.32. The molecule has 1 aromatic rings. The quantitative estimate of drug-likeness (QED) is 0.914. The fourth-order valence-corrected chi connectivity index (χ4v) is 2.55. The molecule has 4 heteroatoms. The number of anilines is 1. The Morgan fingerprint density at radius 3 is 2.95 bits per heavy atom. The summed E-state index contributed by atoms with van der Waals surface area (Å²) in [6, 6.07) is 7.85. The average molecular weight is 279 g/mol. The van der Waals surface area contributed by atoms with Gasteiger partial charge in [-0.25, -0.2) is 0 Å². The lowest BCUT2D eigenvalue weighted by molar-refractivity contribution is -0.0160. The number of nitrogens with one attached hydrogen (secondary N) is 1. The van der Waals surface area contributed by atoms with E-state index in [4.69, 9.17) is 21.6 Å². The van der Waals surface area contributed by atoms with Crippen LogP contribution in [-0.4, -0.2) is 18.8 Å². The summed E-state index contributed by atoms with van der Waals surface area (Å²) < 4.78 is 5.76. The van der Waals surface area contributed by atoms with E-state index in [0.29, 0.717) is 22.5 Å². The summed E-state index contributed by atoms with van der Waals surface area (Å²) >= 11 is 6.00. The molecule has 2 atom stereocenters. The van der Waals surface area contributed by atoms with Gasteiger partial charge in [0.05, 0.1) is 17.4 Å². The smallest absolute Gasteiger partial charge is 0.101 e.